The van der Waals surface area contributed by atoms with Gasteiger partial charge in [-0.1, -0.05) is 11.6 Å². The highest BCUT2D eigenvalue weighted by Crippen LogP contribution is 2.57. The van der Waals surface area contributed by atoms with Crippen LogP contribution in [0.15, 0.2) is 41.5 Å². The van der Waals surface area contributed by atoms with E-state index in [2.05, 4.69) is 15.3 Å². The standard InChI is InChI=1S/C17H15ClFN5O3S/c1-24-16(20)23-17(7-14(17)28(24,26)27)11-6-10(3-4-12(11)19)22-15(25)13-5-2-9(18)8-21-13/h2-6,8,14H,7H2,1H3,(H2,20,23)(H,22,25). The molecule has 11 heteroatoms. The van der Waals surface area contributed by atoms with Crippen molar-refractivity contribution in [3.8, 4) is 0 Å². The zero-order chi connectivity index (χ0) is 20.3. The number of benzene rings is 1. The van der Waals surface area contributed by atoms with Crippen LogP contribution in [0.5, 0.6) is 0 Å². The second-order valence-corrected chi connectivity index (χ2v) is 9.19. The lowest BCUT2D eigenvalue weighted by atomic mass is 10.0. The van der Waals surface area contributed by atoms with Crippen LogP contribution >= 0.6 is 11.6 Å². The molecule has 2 atom stereocenters. The van der Waals surface area contributed by atoms with Crippen LogP contribution < -0.4 is 11.1 Å². The highest BCUT2D eigenvalue weighted by atomic mass is 35.5. The molecule has 0 bridgehead atoms. The molecule has 1 fully saturated rings. The number of rotatable bonds is 3. The molecule has 1 saturated carbocycles. The number of nitrogens with zero attached hydrogens (tertiary/aromatic N) is 3. The molecule has 1 aromatic heterocycles. The largest absolute Gasteiger partial charge is 0.369 e. The third kappa shape index (κ3) is 2.80. The Morgan fingerprint density at radius 3 is 2.82 bits per heavy atom. The molecule has 0 radical (unpaired) electrons. The molecule has 1 amide bonds. The number of amides is 1. The Hall–Kier alpha value is -2.72. The molecule has 146 valence electrons. The van der Waals surface area contributed by atoms with Crippen molar-refractivity contribution >= 4 is 39.2 Å². The lowest BCUT2D eigenvalue weighted by Gasteiger charge is -2.27. The summed E-state index contributed by atoms with van der Waals surface area (Å²) in [5.41, 5.74) is 4.93. The van der Waals surface area contributed by atoms with Crippen molar-refractivity contribution in [1.29, 1.82) is 0 Å². The van der Waals surface area contributed by atoms with E-state index in [4.69, 9.17) is 17.3 Å². The van der Waals surface area contributed by atoms with Crippen molar-refractivity contribution in [3.05, 3.63) is 58.6 Å². The SMILES string of the molecule is CN1C(N)=NC2(c3cc(NC(=O)c4ccc(Cl)cn4)ccc3F)CC2S1(=O)=O. The van der Waals surface area contributed by atoms with E-state index in [9.17, 15) is 17.6 Å². The number of nitrogens with two attached hydrogens (primary N) is 1. The molecule has 2 unspecified atom stereocenters. The van der Waals surface area contributed by atoms with Crippen LogP contribution in [-0.4, -0.2) is 41.9 Å². The van der Waals surface area contributed by atoms with Crippen molar-refractivity contribution in [3.63, 3.8) is 0 Å². The molecule has 2 heterocycles. The molecular weight excluding hydrogens is 409 g/mol. The van der Waals surface area contributed by atoms with Crippen LogP contribution in [0.1, 0.15) is 22.5 Å². The van der Waals surface area contributed by atoms with Crippen molar-refractivity contribution < 1.29 is 17.6 Å². The van der Waals surface area contributed by atoms with Crippen molar-refractivity contribution in [2.45, 2.75) is 17.2 Å². The molecule has 1 aliphatic heterocycles. The lowest BCUT2D eigenvalue weighted by molar-refractivity contribution is 0.102. The first kappa shape index (κ1) is 18.6. The first-order valence-corrected chi connectivity index (χ1v) is 10.1. The maximum Gasteiger partial charge on any atom is 0.274 e. The number of fused-ring (bicyclic) bond motifs is 1. The fourth-order valence-corrected chi connectivity index (χ4v) is 5.20. The highest BCUT2D eigenvalue weighted by molar-refractivity contribution is 7.90. The maximum atomic E-state index is 14.5. The van der Waals surface area contributed by atoms with Gasteiger partial charge in [0.1, 0.15) is 22.3 Å². The van der Waals surface area contributed by atoms with Gasteiger partial charge in [0.25, 0.3) is 5.91 Å². The topological polar surface area (TPSA) is 118 Å². The van der Waals surface area contributed by atoms with E-state index in [1.165, 1.54) is 37.5 Å². The van der Waals surface area contributed by atoms with E-state index in [1.54, 1.807) is 0 Å². The Bertz CT molecular complexity index is 1120. The molecule has 2 aromatic rings. The summed E-state index contributed by atoms with van der Waals surface area (Å²) < 4.78 is 40.4. The van der Waals surface area contributed by atoms with Gasteiger partial charge in [0.2, 0.25) is 16.0 Å². The van der Waals surface area contributed by atoms with Gasteiger partial charge in [-0.2, -0.15) is 0 Å². The highest BCUT2D eigenvalue weighted by Gasteiger charge is 2.67. The Balaban J connectivity index is 1.68. The molecular formula is C17H15ClFN5O3S. The summed E-state index contributed by atoms with van der Waals surface area (Å²) in [5.74, 6) is -1.34. The molecule has 1 aliphatic carbocycles. The minimum absolute atomic E-state index is 0.0685. The quantitative estimate of drug-likeness (QED) is 0.778. The predicted molar refractivity (Wildman–Crippen MR) is 102 cm³/mol. The summed E-state index contributed by atoms with van der Waals surface area (Å²) in [6.07, 6.45) is 1.45. The lowest BCUT2D eigenvalue weighted by Crippen LogP contribution is -2.46. The third-order valence-corrected chi connectivity index (χ3v) is 7.35. The summed E-state index contributed by atoms with van der Waals surface area (Å²) in [5, 5.41) is 2.10. The molecule has 8 nitrogen and oxygen atoms in total. The van der Waals surface area contributed by atoms with Gasteiger partial charge in [-0.3, -0.25) is 4.79 Å². The average molecular weight is 424 g/mol. The molecule has 1 aromatic carbocycles. The predicted octanol–water partition coefficient (Wildman–Crippen LogP) is 1.68. The average Bonchev–Trinajstić information content (AvgIpc) is 3.39. The number of nitrogens with one attached hydrogen (secondary N) is 1. The minimum Gasteiger partial charge on any atom is -0.369 e. The van der Waals surface area contributed by atoms with E-state index >= 15 is 0 Å². The molecule has 0 spiro atoms. The maximum absolute atomic E-state index is 14.5. The van der Waals surface area contributed by atoms with E-state index in [0.29, 0.717) is 5.02 Å². The summed E-state index contributed by atoms with van der Waals surface area (Å²) >= 11 is 5.75. The van der Waals surface area contributed by atoms with Gasteiger partial charge < -0.3 is 11.1 Å². The van der Waals surface area contributed by atoms with E-state index < -0.39 is 32.5 Å². The Labute approximate surface area is 165 Å². The Morgan fingerprint density at radius 1 is 1.39 bits per heavy atom. The number of anilines is 1. The van der Waals surface area contributed by atoms with Gasteiger partial charge in [-0.25, -0.2) is 27.1 Å². The monoisotopic (exact) mass is 423 g/mol. The first-order chi connectivity index (χ1) is 13.1. The van der Waals surface area contributed by atoms with Gasteiger partial charge in [-0.15, -0.1) is 0 Å². The number of hydrogen-bond acceptors (Lipinski definition) is 6. The molecule has 2 aliphatic rings. The zero-order valence-corrected chi connectivity index (χ0v) is 16.1. The van der Waals surface area contributed by atoms with Crippen LogP contribution in [0.3, 0.4) is 0 Å². The van der Waals surface area contributed by atoms with E-state index in [1.807, 2.05) is 0 Å². The number of hydrogen-bond donors (Lipinski definition) is 2. The van der Waals surface area contributed by atoms with Gasteiger partial charge in [0.15, 0.2) is 0 Å². The number of carbonyl (C=O) groups excluding carboxylic acids is 1. The van der Waals surface area contributed by atoms with Crippen LogP contribution in [0, 0.1) is 5.82 Å². The second kappa shape index (κ2) is 6.14. The van der Waals surface area contributed by atoms with Crippen LogP contribution in [0.2, 0.25) is 5.02 Å². The second-order valence-electron chi connectivity index (χ2n) is 6.61. The normalized spacial score (nSPS) is 24.9. The van der Waals surface area contributed by atoms with Gasteiger partial charge in [0.05, 0.1) is 5.02 Å². The van der Waals surface area contributed by atoms with Crippen LogP contribution in [-0.2, 0) is 15.6 Å². The molecule has 0 saturated heterocycles. The summed E-state index contributed by atoms with van der Waals surface area (Å²) in [4.78, 5) is 20.5. The number of aliphatic imine (C=N–C) groups is 1. The Morgan fingerprint density at radius 2 is 2.14 bits per heavy atom. The zero-order valence-electron chi connectivity index (χ0n) is 14.6. The van der Waals surface area contributed by atoms with E-state index in [0.717, 1.165) is 10.4 Å². The smallest absolute Gasteiger partial charge is 0.274 e. The number of guanidine groups is 1. The summed E-state index contributed by atoms with van der Waals surface area (Å²) in [6, 6.07) is 6.87. The first-order valence-electron chi connectivity index (χ1n) is 8.21. The number of sulfonamides is 1. The van der Waals surface area contributed by atoms with Gasteiger partial charge in [0, 0.05) is 24.5 Å². The van der Waals surface area contributed by atoms with Crippen molar-refractivity contribution in [1.82, 2.24) is 9.29 Å². The third-order valence-electron chi connectivity index (χ3n) is 4.90. The summed E-state index contributed by atoms with van der Waals surface area (Å²) in [7, 11) is -2.41. The van der Waals surface area contributed by atoms with Gasteiger partial charge in [-0.05, 0) is 36.8 Å². The number of halogens is 2. The molecule has 28 heavy (non-hydrogen) atoms. The fraction of sp³-hybridized carbons (Fsp3) is 0.235. The van der Waals surface area contributed by atoms with Gasteiger partial charge >= 0.3 is 0 Å². The van der Waals surface area contributed by atoms with Crippen LogP contribution in [0.4, 0.5) is 10.1 Å². The molecule has 3 N–H and O–H groups in total. The number of aromatic nitrogens is 1. The Kier molecular flexibility index (Phi) is 4.09. The van der Waals surface area contributed by atoms with Crippen molar-refractivity contribution in [2.24, 2.45) is 10.7 Å². The number of pyridine rings is 1. The molecule has 4 rings (SSSR count). The number of carbonyl (C=O) groups is 1. The van der Waals surface area contributed by atoms with Crippen LogP contribution in [0.25, 0.3) is 0 Å². The fourth-order valence-electron chi connectivity index (χ4n) is 3.27. The van der Waals surface area contributed by atoms with Crippen molar-refractivity contribution in [2.75, 3.05) is 12.4 Å². The minimum atomic E-state index is -3.72. The summed E-state index contributed by atoms with van der Waals surface area (Å²) in [6.45, 7) is 0. The van der Waals surface area contributed by atoms with E-state index in [-0.39, 0.29) is 29.3 Å².